The maximum absolute atomic E-state index is 12.7. The van der Waals surface area contributed by atoms with Crippen molar-refractivity contribution < 1.29 is 4.79 Å². The van der Waals surface area contributed by atoms with Crippen LogP contribution in [-0.2, 0) is 11.3 Å². The molecule has 1 amide bonds. The van der Waals surface area contributed by atoms with Crippen LogP contribution in [0.4, 0.5) is 0 Å². The molecule has 25 heavy (non-hydrogen) atoms. The fourth-order valence-corrected chi connectivity index (χ4v) is 3.77. The first-order chi connectivity index (χ1) is 12.2. The number of amides is 1. The van der Waals surface area contributed by atoms with Crippen molar-refractivity contribution in [3.63, 3.8) is 0 Å². The predicted octanol–water partition coefficient (Wildman–Crippen LogP) is 4.50. The van der Waals surface area contributed by atoms with Crippen molar-refractivity contribution in [2.24, 2.45) is 0 Å². The summed E-state index contributed by atoms with van der Waals surface area (Å²) in [4.78, 5) is 22.4. The highest BCUT2D eigenvalue weighted by Gasteiger charge is 2.32. The number of rotatable bonds is 6. The lowest BCUT2D eigenvalue weighted by Crippen LogP contribution is -2.33. The van der Waals surface area contributed by atoms with Gasteiger partial charge < -0.3 is 9.88 Å². The third-order valence-electron chi connectivity index (χ3n) is 4.26. The molecule has 1 saturated carbocycles. The van der Waals surface area contributed by atoms with Crippen LogP contribution in [-0.4, -0.2) is 32.6 Å². The summed E-state index contributed by atoms with van der Waals surface area (Å²) in [6.07, 6.45) is 2.21. The second-order valence-corrected chi connectivity index (χ2v) is 7.63. The van der Waals surface area contributed by atoms with Gasteiger partial charge in [-0.25, -0.2) is 4.98 Å². The van der Waals surface area contributed by atoms with Gasteiger partial charge in [0.25, 0.3) is 0 Å². The number of hydrogen-bond donors (Lipinski definition) is 1. The van der Waals surface area contributed by atoms with E-state index in [1.54, 1.807) is 0 Å². The lowest BCUT2D eigenvalue weighted by atomic mass is 10.2. The first kappa shape index (κ1) is 16.5. The number of carbonyl (C=O) groups excluding carboxylic acids is 1. The quantitative estimate of drug-likeness (QED) is 0.649. The molecule has 1 aliphatic rings. The molecule has 4 rings (SSSR count). The fraction of sp³-hybridized carbons (Fsp3) is 0.263. The van der Waals surface area contributed by atoms with E-state index in [0.717, 1.165) is 29.0 Å². The maximum Gasteiger partial charge on any atom is 0.233 e. The number of thioether (sulfide) groups is 1. The normalized spacial score (nSPS) is 14.0. The van der Waals surface area contributed by atoms with E-state index in [2.05, 4.69) is 22.1 Å². The summed E-state index contributed by atoms with van der Waals surface area (Å²) in [5.74, 6) is 0.548. The maximum atomic E-state index is 12.7. The van der Waals surface area contributed by atoms with Crippen LogP contribution in [0.5, 0.6) is 0 Å². The lowest BCUT2D eigenvalue weighted by molar-refractivity contribution is -0.129. The Hall–Kier alpha value is -1.98. The van der Waals surface area contributed by atoms with Gasteiger partial charge in [-0.15, -0.1) is 0 Å². The number of aromatic nitrogens is 2. The molecule has 1 aliphatic carbocycles. The van der Waals surface area contributed by atoms with Crippen LogP contribution in [0.2, 0.25) is 5.02 Å². The highest BCUT2D eigenvalue weighted by atomic mass is 35.5. The van der Waals surface area contributed by atoms with Crippen molar-refractivity contribution in [3.05, 3.63) is 59.1 Å². The van der Waals surface area contributed by atoms with E-state index in [9.17, 15) is 4.79 Å². The summed E-state index contributed by atoms with van der Waals surface area (Å²) in [6.45, 7) is 0.681. The largest absolute Gasteiger partial charge is 0.335 e. The first-order valence-corrected chi connectivity index (χ1v) is 9.67. The summed E-state index contributed by atoms with van der Waals surface area (Å²) < 4.78 is 0. The average Bonchev–Trinajstić information content (AvgIpc) is 3.38. The van der Waals surface area contributed by atoms with Gasteiger partial charge in [0.15, 0.2) is 5.16 Å². The van der Waals surface area contributed by atoms with Crippen molar-refractivity contribution in [2.75, 3.05) is 5.75 Å². The molecule has 0 unspecified atom stereocenters. The lowest BCUT2D eigenvalue weighted by Gasteiger charge is -2.22. The first-order valence-electron chi connectivity index (χ1n) is 8.30. The number of H-pyrrole nitrogens is 1. The average molecular weight is 372 g/mol. The Balaban J connectivity index is 1.42. The Morgan fingerprint density at radius 2 is 2.04 bits per heavy atom. The van der Waals surface area contributed by atoms with Crippen molar-refractivity contribution in [3.8, 4) is 0 Å². The number of hydrogen-bond acceptors (Lipinski definition) is 3. The van der Waals surface area contributed by atoms with Crippen LogP contribution >= 0.6 is 23.4 Å². The van der Waals surface area contributed by atoms with Gasteiger partial charge in [0.2, 0.25) is 5.91 Å². The number of nitrogens with one attached hydrogen (secondary N) is 1. The monoisotopic (exact) mass is 371 g/mol. The standard InChI is InChI=1S/C19H18ClN3OS/c20-14-6-9-16-17(10-14)22-19(21-16)25-12-18(24)23(15-7-8-15)11-13-4-2-1-3-5-13/h1-6,9-10,15H,7-8,11-12H2,(H,21,22). The molecule has 1 fully saturated rings. The predicted molar refractivity (Wildman–Crippen MR) is 102 cm³/mol. The van der Waals surface area contributed by atoms with Crippen LogP contribution < -0.4 is 0 Å². The van der Waals surface area contributed by atoms with Crippen molar-refractivity contribution in [1.29, 1.82) is 0 Å². The second-order valence-electron chi connectivity index (χ2n) is 6.23. The fourth-order valence-electron chi connectivity index (χ4n) is 2.83. The number of halogens is 1. The van der Waals surface area contributed by atoms with Crippen molar-refractivity contribution in [2.45, 2.75) is 30.6 Å². The topological polar surface area (TPSA) is 49.0 Å². The van der Waals surface area contributed by atoms with Gasteiger partial charge >= 0.3 is 0 Å². The summed E-state index contributed by atoms with van der Waals surface area (Å²) in [5, 5.41) is 1.42. The van der Waals surface area contributed by atoms with Crippen LogP contribution in [0.3, 0.4) is 0 Å². The molecule has 1 aromatic heterocycles. The Kier molecular flexibility index (Phi) is 4.68. The van der Waals surface area contributed by atoms with Crippen molar-refractivity contribution >= 4 is 40.3 Å². The van der Waals surface area contributed by atoms with E-state index in [1.807, 2.05) is 41.3 Å². The number of imidazole rings is 1. The van der Waals surface area contributed by atoms with Gasteiger partial charge in [-0.1, -0.05) is 53.7 Å². The van der Waals surface area contributed by atoms with E-state index < -0.39 is 0 Å². The summed E-state index contributed by atoms with van der Waals surface area (Å²) in [7, 11) is 0. The van der Waals surface area contributed by atoms with Gasteiger partial charge in [-0.2, -0.15) is 0 Å². The molecule has 1 heterocycles. The number of carbonyl (C=O) groups is 1. The molecule has 0 spiro atoms. The molecule has 0 aliphatic heterocycles. The van der Waals surface area contributed by atoms with E-state index in [4.69, 9.17) is 11.6 Å². The third kappa shape index (κ3) is 3.99. The van der Waals surface area contributed by atoms with E-state index in [1.165, 1.54) is 17.3 Å². The van der Waals surface area contributed by atoms with Crippen LogP contribution in [0.25, 0.3) is 11.0 Å². The van der Waals surface area contributed by atoms with Gasteiger partial charge in [0.05, 0.1) is 16.8 Å². The molecule has 0 radical (unpaired) electrons. The van der Waals surface area contributed by atoms with Gasteiger partial charge in [0, 0.05) is 17.6 Å². The minimum atomic E-state index is 0.162. The molecule has 128 valence electrons. The summed E-state index contributed by atoms with van der Waals surface area (Å²) in [6, 6.07) is 16.1. The Labute approximate surface area is 155 Å². The summed E-state index contributed by atoms with van der Waals surface area (Å²) in [5.41, 5.74) is 2.93. The van der Waals surface area contributed by atoms with E-state index in [-0.39, 0.29) is 5.91 Å². The zero-order valence-corrected chi connectivity index (χ0v) is 15.2. The molecule has 1 N–H and O–H groups in total. The molecule has 4 nitrogen and oxygen atoms in total. The molecular weight excluding hydrogens is 354 g/mol. The number of nitrogens with zero attached hydrogens (tertiary/aromatic N) is 2. The highest BCUT2D eigenvalue weighted by molar-refractivity contribution is 7.99. The molecule has 6 heteroatoms. The van der Waals surface area contributed by atoms with E-state index in [0.29, 0.717) is 23.4 Å². The molecular formula is C19H18ClN3OS. The number of benzene rings is 2. The SMILES string of the molecule is O=C(CSc1nc2ccc(Cl)cc2[nH]1)N(Cc1ccccc1)C1CC1. The number of aromatic amines is 1. The molecule has 0 saturated heterocycles. The van der Waals surface area contributed by atoms with Crippen LogP contribution in [0.1, 0.15) is 18.4 Å². The zero-order valence-electron chi connectivity index (χ0n) is 13.6. The molecule has 3 aromatic rings. The smallest absolute Gasteiger partial charge is 0.233 e. The highest BCUT2D eigenvalue weighted by Crippen LogP contribution is 2.30. The minimum absolute atomic E-state index is 0.162. The molecule has 0 bridgehead atoms. The number of fused-ring (bicyclic) bond motifs is 1. The molecule has 2 aromatic carbocycles. The summed E-state index contributed by atoms with van der Waals surface area (Å²) >= 11 is 7.44. The molecule has 0 atom stereocenters. The second kappa shape index (κ2) is 7.10. The van der Waals surface area contributed by atoms with E-state index >= 15 is 0 Å². The van der Waals surface area contributed by atoms with Gasteiger partial charge in [-0.05, 0) is 36.6 Å². The Bertz CT molecular complexity index is 892. The Morgan fingerprint density at radius 3 is 2.80 bits per heavy atom. The zero-order chi connectivity index (χ0) is 17.2. The van der Waals surface area contributed by atoms with Crippen LogP contribution in [0, 0.1) is 0 Å². The van der Waals surface area contributed by atoms with Crippen LogP contribution in [0.15, 0.2) is 53.7 Å². The van der Waals surface area contributed by atoms with Gasteiger partial charge in [0.1, 0.15) is 0 Å². The Morgan fingerprint density at radius 1 is 1.24 bits per heavy atom. The third-order valence-corrected chi connectivity index (χ3v) is 5.35. The minimum Gasteiger partial charge on any atom is -0.335 e. The van der Waals surface area contributed by atoms with Gasteiger partial charge in [-0.3, -0.25) is 4.79 Å². The van der Waals surface area contributed by atoms with Crippen molar-refractivity contribution in [1.82, 2.24) is 14.9 Å².